The molecule has 0 fully saturated rings. The van der Waals surface area contributed by atoms with Gasteiger partial charge in [-0.15, -0.1) is 0 Å². The van der Waals surface area contributed by atoms with E-state index in [1.807, 2.05) is 18.2 Å². The SMILES string of the molecule is O=c1ccc2cnc3ccc(-c4cn[nH]c4)cc3c2n1-c1ccc(F)cc1Cl. The summed E-state index contributed by atoms with van der Waals surface area (Å²) >= 11 is 6.27. The molecule has 0 aliphatic rings. The van der Waals surface area contributed by atoms with E-state index >= 15 is 0 Å². The predicted molar refractivity (Wildman–Crippen MR) is 107 cm³/mol. The fourth-order valence-electron chi connectivity index (χ4n) is 3.40. The van der Waals surface area contributed by atoms with Crippen LogP contribution < -0.4 is 5.56 Å². The molecule has 28 heavy (non-hydrogen) atoms. The largest absolute Gasteiger partial charge is 0.285 e. The highest BCUT2D eigenvalue weighted by molar-refractivity contribution is 6.32. The number of nitrogens with zero attached hydrogens (tertiary/aromatic N) is 3. The van der Waals surface area contributed by atoms with Crippen LogP contribution in [0.15, 0.2) is 71.9 Å². The summed E-state index contributed by atoms with van der Waals surface area (Å²) in [4.78, 5) is 17.3. The lowest BCUT2D eigenvalue weighted by atomic mass is 10.0. The molecule has 0 unspecified atom stereocenters. The molecule has 5 rings (SSSR count). The molecule has 136 valence electrons. The van der Waals surface area contributed by atoms with E-state index in [1.165, 1.54) is 28.8 Å². The third kappa shape index (κ3) is 2.58. The van der Waals surface area contributed by atoms with Gasteiger partial charge in [0, 0.05) is 34.8 Å². The van der Waals surface area contributed by atoms with Gasteiger partial charge in [0.15, 0.2) is 0 Å². The molecule has 0 radical (unpaired) electrons. The van der Waals surface area contributed by atoms with Gasteiger partial charge in [0.2, 0.25) is 0 Å². The van der Waals surface area contributed by atoms with Crippen LogP contribution in [0.5, 0.6) is 0 Å². The molecule has 7 heteroatoms. The molecule has 0 aliphatic heterocycles. The van der Waals surface area contributed by atoms with E-state index < -0.39 is 5.82 Å². The first-order valence-corrected chi connectivity index (χ1v) is 8.89. The minimum absolute atomic E-state index is 0.158. The number of benzene rings is 2. The summed E-state index contributed by atoms with van der Waals surface area (Å²) in [6, 6.07) is 13.0. The normalized spacial score (nSPS) is 11.4. The number of halogens is 2. The highest BCUT2D eigenvalue weighted by Gasteiger charge is 2.14. The van der Waals surface area contributed by atoms with E-state index in [0.717, 1.165) is 27.4 Å². The van der Waals surface area contributed by atoms with Crippen molar-refractivity contribution in [1.82, 2.24) is 19.7 Å². The highest BCUT2D eigenvalue weighted by Crippen LogP contribution is 2.30. The van der Waals surface area contributed by atoms with Gasteiger partial charge in [-0.3, -0.25) is 19.4 Å². The first-order valence-electron chi connectivity index (χ1n) is 8.51. The van der Waals surface area contributed by atoms with Gasteiger partial charge in [-0.2, -0.15) is 5.10 Å². The Morgan fingerprint density at radius 3 is 2.68 bits per heavy atom. The minimum Gasteiger partial charge on any atom is -0.285 e. The van der Waals surface area contributed by atoms with Crippen LogP contribution in [0.3, 0.4) is 0 Å². The molecule has 0 atom stereocenters. The fraction of sp³-hybridized carbons (Fsp3) is 0. The van der Waals surface area contributed by atoms with Crippen molar-refractivity contribution in [3.8, 4) is 16.8 Å². The number of hydrogen-bond acceptors (Lipinski definition) is 3. The van der Waals surface area contributed by atoms with Gasteiger partial charge < -0.3 is 0 Å². The predicted octanol–water partition coefficient (Wildman–Crippen LogP) is 4.72. The van der Waals surface area contributed by atoms with Gasteiger partial charge in [-0.25, -0.2) is 4.39 Å². The molecule has 3 aromatic heterocycles. The first kappa shape index (κ1) is 16.6. The van der Waals surface area contributed by atoms with E-state index in [2.05, 4.69) is 15.2 Å². The quantitative estimate of drug-likeness (QED) is 0.443. The van der Waals surface area contributed by atoms with Gasteiger partial charge in [-0.05, 0) is 42.0 Å². The number of aromatic nitrogens is 4. The third-order valence-corrected chi connectivity index (χ3v) is 5.00. The van der Waals surface area contributed by atoms with Crippen LogP contribution in [-0.2, 0) is 0 Å². The molecule has 1 N–H and O–H groups in total. The third-order valence-electron chi connectivity index (χ3n) is 4.70. The molecule has 0 aliphatic carbocycles. The standard InChI is InChI=1S/C21H12ClFN4O/c22-17-8-15(23)3-5-19(17)27-20(28)6-2-13-9-24-18-4-1-12(7-16(18)21(13)27)14-10-25-26-11-14/h1-11H,(H,25,26). The minimum atomic E-state index is -0.462. The summed E-state index contributed by atoms with van der Waals surface area (Å²) in [5, 5.41) is 8.51. The van der Waals surface area contributed by atoms with Crippen molar-refractivity contribution in [2.75, 3.05) is 0 Å². The number of H-pyrrole nitrogens is 1. The summed E-state index contributed by atoms with van der Waals surface area (Å²) in [5.41, 5.74) is 3.41. The Hall–Kier alpha value is -3.51. The molecule has 2 aromatic carbocycles. The second-order valence-electron chi connectivity index (χ2n) is 6.38. The zero-order chi connectivity index (χ0) is 19.3. The summed E-state index contributed by atoms with van der Waals surface area (Å²) in [7, 11) is 0. The summed E-state index contributed by atoms with van der Waals surface area (Å²) in [5.74, 6) is -0.462. The monoisotopic (exact) mass is 390 g/mol. The van der Waals surface area contributed by atoms with Crippen LogP contribution in [0.1, 0.15) is 0 Å². The fourth-order valence-corrected chi connectivity index (χ4v) is 3.65. The Kier molecular flexibility index (Phi) is 3.74. The molecular formula is C21H12ClFN4O. The van der Waals surface area contributed by atoms with E-state index in [1.54, 1.807) is 24.7 Å². The van der Waals surface area contributed by atoms with Gasteiger partial charge in [0.1, 0.15) is 5.82 Å². The van der Waals surface area contributed by atoms with Crippen molar-refractivity contribution in [2.45, 2.75) is 0 Å². The van der Waals surface area contributed by atoms with Gasteiger partial charge in [-0.1, -0.05) is 17.7 Å². The van der Waals surface area contributed by atoms with Crippen LogP contribution in [0.2, 0.25) is 5.02 Å². The summed E-state index contributed by atoms with van der Waals surface area (Å²) < 4.78 is 15.1. The summed E-state index contributed by atoms with van der Waals surface area (Å²) in [6.45, 7) is 0. The number of pyridine rings is 2. The van der Waals surface area contributed by atoms with Crippen LogP contribution in [-0.4, -0.2) is 19.7 Å². The van der Waals surface area contributed by atoms with Crippen LogP contribution >= 0.6 is 11.6 Å². The zero-order valence-corrected chi connectivity index (χ0v) is 15.1. The van der Waals surface area contributed by atoms with Gasteiger partial charge in [0.25, 0.3) is 5.56 Å². The smallest absolute Gasteiger partial charge is 0.255 e. The molecular weight excluding hydrogens is 379 g/mol. The Bertz CT molecular complexity index is 1410. The Morgan fingerprint density at radius 2 is 1.89 bits per heavy atom. The summed E-state index contributed by atoms with van der Waals surface area (Å²) in [6.07, 6.45) is 5.23. The second kappa shape index (κ2) is 6.28. The number of hydrogen-bond donors (Lipinski definition) is 1. The van der Waals surface area contributed by atoms with E-state index in [4.69, 9.17) is 11.6 Å². The van der Waals surface area contributed by atoms with E-state index in [9.17, 15) is 9.18 Å². The number of aromatic amines is 1. The number of fused-ring (bicyclic) bond motifs is 3. The molecule has 3 heterocycles. The molecule has 5 aromatic rings. The lowest BCUT2D eigenvalue weighted by Crippen LogP contribution is -2.18. The number of rotatable bonds is 2. The average molecular weight is 391 g/mol. The zero-order valence-electron chi connectivity index (χ0n) is 14.4. The molecule has 0 amide bonds. The number of nitrogens with one attached hydrogen (secondary N) is 1. The van der Waals surface area contributed by atoms with Crippen LogP contribution in [0.4, 0.5) is 4.39 Å². The van der Waals surface area contributed by atoms with Crippen LogP contribution in [0.25, 0.3) is 38.6 Å². The van der Waals surface area contributed by atoms with Crippen molar-refractivity contribution >= 4 is 33.4 Å². The Morgan fingerprint density at radius 1 is 1.00 bits per heavy atom. The Labute approximate surface area is 163 Å². The second-order valence-corrected chi connectivity index (χ2v) is 6.79. The maximum atomic E-state index is 13.5. The van der Waals surface area contributed by atoms with Crippen LogP contribution in [0, 0.1) is 5.82 Å². The molecule has 5 nitrogen and oxygen atoms in total. The van der Waals surface area contributed by atoms with Gasteiger partial charge in [0.05, 0.1) is 27.9 Å². The maximum Gasteiger partial charge on any atom is 0.255 e. The molecule has 0 saturated heterocycles. The Balaban J connectivity index is 1.93. The van der Waals surface area contributed by atoms with Crippen molar-refractivity contribution in [3.05, 3.63) is 88.3 Å². The lowest BCUT2D eigenvalue weighted by Gasteiger charge is -2.14. The van der Waals surface area contributed by atoms with E-state index in [0.29, 0.717) is 11.2 Å². The average Bonchev–Trinajstić information content (AvgIpc) is 3.23. The molecule has 0 saturated carbocycles. The molecule has 0 bridgehead atoms. The topological polar surface area (TPSA) is 63.6 Å². The van der Waals surface area contributed by atoms with Crippen molar-refractivity contribution in [1.29, 1.82) is 0 Å². The maximum absolute atomic E-state index is 13.5. The van der Waals surface area contributed by atoms with E-state index in [-0.39, 0.29) is 10.6 Å². The van der Waals surface area contributed by atoms with Crippen molar-refractivity contribution < 1.29 is 4.39 Å². The molecule has 0 spiro atoms. The first-order chi connectivity index (χ1) is 13.6. The van der Waals surface area contributed by atoms with Crippen molar-refractivity contribution in [2.24, 2.45) is 0 Å². The van der Waals surface area contributed by atoms with Crippen molar-refractivity contribution in [3.63, 3.8) is 0 Å². The lowest BCUT2D eigenvalue weighted by molar-refractivity contribution is 0.627. The van der Waals surface area contributed by atoms with Gasteiger partial charge >= 0.3 is 0 Å². The highest BCUT2D eigenvalue weighted by atomic mass is 35.5.